The van der Waals surface area contributed by atoms with Crippen LogP contribution in [0, 0.1) is 0 Å². The highest BCUT2D eigenvalue weighted by Crippen LogP contribution is 2.38. The maximum atomic E-state index is 11.5. The Morgan fingerprint density at radius 3 is 2.70 bits per heavy atom. The van der Waals surface area contributed by atoms with Gasteiger partial charge in [0.25, 0.3) is 0 Å². The van der Waals surface area contributed by atoms with Crippen LogP contribution in [0.3, 0.4) is 0 Å². The second-order valence-corrected chi connectivity index (χ2v) is 6.68. The number of carbonyl (C=O) groups is 1. The molecule has 23 heavy (non-hydrogen) atoms. The molecule has 3 nitrogen and oxygen atoms in total. The van der Waals surface area contributed by atoms with Crippen molar-refractivity contribution in [3.05, 3.63) is 64.7 Å². The normalized spacial score (nSPS) is 13.2. The molecule has 0 atom stereocenters. The molecule has 3 heterocycles. The SMILES string of the molecule is CC(=O)c1ccc(-c2c[nH]c3c2C=C(c2ccccc2)CN3)s1. The van der Waals surface area contributed by atoms with Gasteiger partial charge >= 0.3 is 0 Å². The number of Topliss-reactive ketones (excluding diaryl/α,β-unsaturated/α-hetero) is 1. The van der Waals surface area contributed by atoms with Crippen molar-refractivity contribution in [2.45, 2.75) is 6.92 Å². The molecule has 0 unspecified atom stereocenters. The molecule has 4 rings (SSSR count). The van der Waals surface area contributed by atoms with E-state index < -0.39 is 0 Å². The van der Waals surface area contributed by atoms with Gasteiger partial charge in [-0.1, -0.05) is 30.3 Å². The molecule has 0 bridgehead atoms. The van der Waals surface area contributed by atoms with Gasteiger partial charge in [0, 0.05) is 28.7 Å². The largest absolute Gasteiger partial charge is 0.367 e. The Morgan fingerprint density at radius 1 is 1.13 bits per heavy atom. The lowest BCUT2D eigenvalue weighted by Crippen LogP contribution is -2.09. The summed E-state index contributed by atoms with van der Waals surface area (Å²) in [6.07, 6.45) is 4.25. The molecule has 2 N–H and O–H groups in total. The molecule has 0 radical (unpaired) electrons. The van der Waals surface area contributed by atoms with Crippen LogP contribution in [0.4, 0.5) is 5.82 Å². The van der Waals surface area contributed by atoms with E-state index in [0.717, 1.165) is 33.2 Å². The van der Waals surface area contributed by atoms with Crippen LogP contribution in [0.1, 0.15) is 27.7 Å². The zero-order chi connectivity index (χ0) is 15.8. The number of hydrogen-bond donors (Lipinski definition) is 2. The Labute approximate surface area is 138 Å². The number of hydrogen-bond acceptors (Lipinski definition) is 3. The fourth-order valence-electron chi connectivity index (χ4n) is 2.85. The van der Waals surface area contributed by atoms with E-state index in [9.17, 15) is 4.79 Å². The van der Waals surface area contributed by atoms with Crippen molar-refractivity contribution in [3.8, 4) is 10.4 Å². The highest BCUT2D eigenvalue weighted by molar-refractivity contribution is 7.17. The molecule has 0 amide bonds. The average molecular weight is 320 g/mol. The van der Waals surface area contributed by atoms with Crippen molar-refractivity contribution in [2.75, 3.05) is 11.9 Å². The minimum Gasteiger partial charge on any atom is -0.367 e. The van der Waals surface area contributed by atoms with Gasteiger partial charge in [-0.3, -0.25) is 4.79 Å². The van der Waals surface area contributed by atoms with Gasteiger partial charge in [0.1, 0.15) is 5.82 Å². The van der Waals surface area contributed by atoms with Crippen LogP contribution in [0.2, 0.25) is 0 Å². The quantitative estimate of drug-likeness (QED) is 0.673. The molecular weight excluding hydrogens is 304 g/mol. The summed E-state index contributed by atoms with van der Waals surface area (Å²) in [6, 6.07) is 14.3. The molecule has 0 spiro atoms. The van der Waals surface area contributed by atoms with Crippen molar-refractivity contribution in [1.82, 2.24) is 4.98 Å². The van der Waals surface area contributed by atoms with Crippen molar-refractivity contribution in [3.63, 3.8) is 0 Å². The Bertz CT molecular complexity index is 903. The van der Waals surface area contributed by atoms with E-state index in [2.05, 4.69) is 40.6 Å². The van der Waals surface area contributed by atoms with Gasteiger partial charge in [-0.05, 0) is 36.3 Å². The number of fused-ring (bicyclic) bond motifs is 1. The van der Waals surface area contributed by atoms with Crippen molar-refractivity contribution in [2.24, 2.45) is 0 Å². The zero-order valence-corrected chi connectivity index (χ0v) is 13.5. The summed E-state index contributed by atoms with van der Waals surface area (Å²) in [5.74, 6) is 1.15. The molecule has 0 saturated carbocycles. The smallest absolute Gasteiger partial charge is 0.169 e. The fraction of sp³-hybridized carbons (Fsp3) is 0.105. The molecule has 0 aliphatic carbocycles. The Kier molecular flexibility index (Phi) is 3.39. The molecule has 0 saturated heterocycles. The van der Waals surface area contributed by atoms with E-state index in [1.54, 1.807) is 18.3 Å². The summed E-state index contributed by atoms with van der Waals surface area (Å²) < 4.78 is 0. The summed E-state index contributed by atoms with van der Waals surface area (Å²) in [7, 11) is 0. The second-order valence-electron chi connectivity index (χ2n) is 5.60. The number of aromatic nitrogens is 1. The molecule has 1 aliphatic rings. The third-order valence-electron chi connectivity index (χ3n) is 4.06. The van der Waals surface area contributed by atoms with E-state index in [1.165, 1.54) is 11.1 Å². The third-order valence-corrected chi connectivity index (χ3v) is 5.28. The van der Waals surface area contributed by atoms with E-state index in [-0.39, 0.29) is 5.78 Å². The second kappa shape index (κ2) is 5.56. The van der Waals surface area contributed by atoms with Gasteiger partial charge in [-0.2, -0.15) is 0 Å². The Morgan fingerprint density at radius 2 is 1.96 bits per heavy atom. The summed E-state index contributed by atoms with van der Waals surface area (Å²) >= 11 is 1.54. The standard InChI is InChI=1S/C19H16N2OS/c1-12(22)17-7-8-18(23-17)16-11-21-19-15(16)9-14(10-20-19)13-5-3-2-4-6-13/h2-9,11,20-21H,10H2,1H3. The molecule has 1 aliphatic heterocycles. The fourth-order valence-corrected chi connectivity index (χ4v) is 3.78. The maximum Gasteiger partial charge on any atom is 0.169 e. The number of anilines is 1. The molecule has 2 aromatic heterocycles. The van der Waals surface area contributed by atoms with Crippen molar-refractivity contribution >= 4 is 34.6 Å². The van der Waals surface area contributed by atoms with Gasteiger partial charge in [0.2, 0.25) is 0 Å². The summed E-state index contributed by atoms with van der Waals surface area (Å²) in [5, 5.41) is 3.44. The van der Waals surface area contributed by atoms with E-state index in [0.29, 0.717) is 0 Å². The number of nitrogens with one attached hydrogen (secondary N) is 2. The Hall–Kier alpha value is -2.59. The van der Waals surface area contributed by atoms with E-state index in [4.69, 9.17) is 0 Å². The molecule has 4 heteroatoms. The van der Waals surface area contributed by atoms with Crippen LogP contribution in [0.15, 0.2) is 48.7 Å². The predicted molar refractivity (Wildman–Crippen MR) is 96.9 cm³/mol. The molecule has 3 aromatic rings. The first-order chi connectivity index (χ1) is 11.2. The van der Waals surface area contributed by atoms with Gasteiger partial charge in [0.05, 0.1) is 4.88 Å². The van der Waals surface area contributed by atoms with Gasteiger partial charge < -0.3 is 10.3 Å². The first-order valence-corrected chi connectivity index (χ1v) is 8.36. The van der Waals surface area contributed by atoms with Crippen LogP contribution >= 0.6 is 11.3 Å². The number of H-pyrrole nitrogens is 1. The van der Waals surface area contributed by atoms with Crippen LogP contribution in [0.5, 0.6) is 0 Å². The monoisotopic (exact) mass is 320 g/mol. The molecule has 114 valence electrons. The van der Waals surface area contributed by atoms with Crippen molar-refractivity contribution < 1.29 is 4.79 Å². The van der Waals surface area contributed by atoms with Crippen LogP contribution in [0.25, 0.3) is 22.1 Å². The molecule has 1 aromatic carbocycles. The number of rotatable bonds is 3. The van der Waals surface area contributed by atoms with E-state index in [1.807, 2.05) is 24.4 Å². The average Bonchev–Trinajstić information content (AvgIpc) is 3.21. The summed E-state index contributed by atoms with van der Waals surface area (Å²) in [5.41, 5.74) is 4.79. The topological polar surface area (TPSA) is 44.9 Å². The molecule has 0 fully saturated rings. The first-order valence-electron chi connectivity index (χ1n) is 7.55. The number of ketones is 1. The third kappa shape index (κ3) is 2.51. The number of benzene rings is 1. The maximum absolute atomic E-state index is 11.5. The van der Waals surface area contributed by atoms with Gasteiger partial charge in [-0.25, -0.2) is 0 Å². The Balaban J connectivity index is 1.78. The highest BCUT2D eigenvalue weighted by atomic mass is 32.1. The van der Waals surface area contributed by atoms with Crippen molar-refractivity contribution in [1.29, 1.82) is 0 Å². The van der Waals surface area contributed by atoms with Crippen LogP contribution < -0.4 is 5.32 Å². The molecular formula is C19H16N2OS. The van der Waals surface area contributed by atoms with Gasteiger partial charge in [0.15, 0.2) is 5.78 Å². The number of carbonyl (C=O) groups excluding carboxylic acids is 1. The minimum atomic E-state index is 0.115. The number of thiophene rings is 1. The van der Waals surface area contributed by atoms with Gasteiger partial charge in [-0.15, -0.1) is 11.3 Å². The van der Waals surface area contributed by atoms with E-state index >= 15 is 0 Å². The minimum absolute atomic E-state index is 0.115. The lowest BCUT2D eigenvalue weighted by atomic mass is 9.99. The predicted octanol–water partition coefficient (Wildman–Crippen LogP) is 4.91. The summed E-state index contributed by atoms with van der Waals surface area (Å²) in [4.78, 5) is 16.7. The van der Waals surface area contributed by atoms with Crippen LogP contribution in [-0.2, 0) is 0 Å². The summed E-state index contributed by atoms with van der Waals surface area (Å²) in [6.45, 7) is 2.41. The lowest BCUT2D eigenvalue weighted by Gasteiger charge is -2.16. The van der Waals surface area contributed by atoms with Crippen LogP contribution in [-0.4, -0.2) is 17.3 Å². The number of aromatic amines is 1. The highest BCUT2D eigenvalue weighted by Gasteiger charge is 2.18. The zero-order valence-electron chi connectivity index (χ0n) is 12.7. The lowest BCUT2D eigenvalue weighted by molar-refractivity contribution is 0.102. The first kappa shape index (κ1) is 14.0.